The van der Waals surface area contributed by atoms with E-state index in [0.29, 0.717) is 5.69 Å². The zero-order valence-electron chi connectivity index (χ0n) is 13.6. The predicted octanol–water partition coefficient (Wildman–Crippen LogP) is -0.812. The van der Waals surface area contributed by atoms with Crippen LogP contribution in [0, 0.1) is 0 Å². The molecule has 3 aromatic heterocycles. The van der Waals surface area contributed by atoms with Gasteiger partial charge in [0, 0.05) is 20.3 Å². The second kappa shape index (κ2) is 6.23. The van der Waals surface area contributed by atoms with Gasteiger partial charge in [-0.1, -0.05) is 0 Å². The maximum atomic E-state index is 12.3. The van der Waals surface area contributed by atoms with E-state index in [0.717, 1.165) is 4.57 Å². The number of aromatic nitrogens is 5. The van der Waals surface area contributed by atoms with E-state index in [1.165, 1.54) is 29.6 Å². The number of hydrogen-bond donors (Lipinski definition) is 1. The summed E-state index contributed by atoms with van der Waals surface area (Å²) in [5.41, 5.74) is -0.460. The molecule has 10 nitrogen and oxygen atoms in total. The summed E-state index contributed by atoms with van der Waals surface area (Å²) in [6.45, 7) is -0.718. The van der Waals surface area contributed by atoms with Crippen molar-refractivity contribution in [3.05, 3.63) is 51.2 Å². The van der Waals surface area contributed by atoms with Gasteiger partial charge in [-0.15, -0.1) is 0 Å². The van der Waals surface area contributed by atoms with Gasteiger partial charge in [0.15, 0.2) is 17.8 Å². The van der Waals surface area contributed by atoms with Gasteiger partial charge in [-0.2, -0.15) is 0 Å². The minimum atomic E-state index is -0.699. The van der Waals surface area contributed by atoms with Gasteiger partial charge in [-0.3, -0.25) is 23.5 Å². The maximum absolute atomic E-state index is 12.3. The van der Waals surface area contributed by atoms with E-state index in [9.17, 15) is 19.2 Å². The highest BCUT2D eigenvalue weighted by atomic mass is 16.5. The van der Waals surface area contributed by atoms with Crippen LogP contribution in [0.25, 0.3) is 11.2 Å². The van der Waals surface area contributed by atoms with Crippen LogP contribution < -0.4 is 11.2 Å². The fourth-order valence-corrected chi connectivity index (χ4v) is 2.43. The first-order valence-corrected chi connectivity index (χ1v) is 7.33. The lowest BCUT2D eigenvalue weighted by molar-refractivity contribution is -0.143. The lowest BCUT2D eigenvalue weighted by atomic mass is 10.3. The molecule has 0 spiro atoms. The Balaban J connectivity index is 1.79. The molecule has 1 N–H and O–H groups in total. The number of nitrogens with one attached hydrogen (secondary N) is 1. The van der Waals surface area contributed by atoms with E-state index >= 15 is 0 Å². The van der Waals surface area contributed by atoms with Crippen LogP contribution in [0.2, 0.25) is 0 Å². The number of Topliss-reactive ketones (excluding diaryl/α,β-unsaturated/α-hetero) is 1. The van der Waals surface area contributed by atoms with E-state index in [-0.39, 0.29) is 23.5 Å². The van der Waals surface area contributed by atoms with Crippen LogP contribution in [0.1, 0.15) is 10.5 Å². The third kappa shape index (κ3) is 2.89. The Kier molecular flexibility index (Phi) is 4.09. The largest absolute Gasteiger partial charge is 0.456 e. The second-order valence-corrected chi connectivity index (χ2v) is 5.42. The molecule has 130 valence electrons. The molecule has 3 rings (SSSR count). The number of aromatic amines is 1. The summed E-state index contributed by atoms with van der Waals surface area (Å²) in [6.07, 6.45) is 2.87. The highest BCUT2D eigenvalue weighted by Crippen LogP contribution is 2.06. The van der Waals surface area contributed by atoms with Crippen LogP contribution in [-0.2, 0) is 30.2 Å². The monoisotopic (exact) mass is 345 g/mol. The molecule has 0 saturated heterocycles. The van der Waals surface area contributed by atoms with Crippen molar-refractivity contribution in [2.75, 3.05) is 6.61 Å². The average Bonchev–Trinajstić information content (AvgIpc) is 3.26. The van der Waals surface area contributed by atoms with Crippen molar-refractivity contribution in [2.45, 2.75) is 6.54 Å². The van der Waals surface area contributed by atoms with Crippen molar-refractivity contribution in [2.24, 2.45) is 14.1 Å². The molecule has 0 amide bonds. The third-order valence-electron chi connectivity index (χ3n) is 3.78. The molecule has 0 aliphatic carbocycles. The van der Waals surface area contributed by atoms with Gasteiger partial charge in [-0.05, 0) is 12.1 Å². The molecule has 3 aromatic rings. The van der Waals surface area contributed by atoms with Crippen LogP contribution in [0.15, 0.2) is 34.2 Å². The first kappa shape index (κ1) is 16.4. The average molecular weight is 345 g/mol. The third-order valence-corrected chi connectivity index (χ3v) is 3.78. The lowest BCUT2D eigenvalue weighted by Gasteiger charge is -2.07. The Morgan fingerprint density at radius 2 is 2.00 bits per heavy atom. The van der Waals surface area contributed by atoms with Gasteiger partial charge >= 0.3 is 11.7 Å². The Bertz CT molecular complexity index is 1070. The fourth-order valence-electron chi connectivity index (χ4n) is 2.43. The molecular weight excluding hydrogens is 330 g/mol. The molecule has 10 heteroatoms. The number of imidazole rings is 1. The van der Waals surface area contributed by atoms with E-state index in [1.807, 2.05) is 0 Å². The summed E-state index contributed by atoms with van der Waals surface area (Å²) in [4.78, 5) is 54.6. The number of carbonyl (C=O) groups is 2. The first-order chi connectivity index (χ1) is 11.9. The molecule has 0 aromatic carbocycles. The predicted molar refractivity (Wildman–Crippen MR) is 86.3 cm³/mol. The molecule has 0 saturated carbocycles. The Labute approximate surface area is 140 Å². The fraction of sp³-hybridized carbons (Fsp3) is 0.267. The lowest BCUT2D eigenvalue weighted by Crippen LogP contribution is -2.37. The molecular formula is C15H15N5O5. The van der Waals surface area contributed by atoms with E-state index < -0.39 is 23.8 Å². The number of hydrogen-bond acceptors (Lipinski definition) is 6. The smallest absolute Gasteiger partial charge is 0.332 e. The van der Waals surface area contributed by atoms with Gasteiger partial charge in [0.2, 0.25) is 5.78 Å². The van der Waals surface area contributed by atoms with Crippen LogP contribution in [0.4, 0.5) is 0 Å². The molecule has 0 radical (unpaired) electrons. The van der Waals surface area contributed by atoms with Crippen molar-refractivity contribution >= 4 is 22.9 Å². The van der Waals surface area contributed by atoms with Gasteiger partial charge in [0.25, 0.3) is 5.56 Å². The molecule has 0 bridgehead atoms. The number of rotatable bonds is 5. The maximum Gasteiger partial charge on any atom is 0.332 e. The zero-order chi connectivity index (χ0) is 18.1. The van der Waals surface area contributed by atoms with Crippen LogP contribution in [-0.4, -0.2) is 42.0 Å². The van der Waals surface area contributed by atoms with Crippen molar-refractivity contribution < 1.29 is 14.3 Å². The summed E-state index contributed by atoms with van der Waals surface area (Å²) in [7, 11) is 2.82. The molecule has 0 fully saturated rings. The van der Waals surface area contributed by atoms with E-state index in [1.54, 1.807) is 18.3 Å². The molecule has 0 unspecified atom stereocenters. The summed E-state index contributed by atoms with van der Waals surface area (Å²) < 4.78 is 8.38. The number of H-pyrrole nitrogens is 1. The summed E-state index contributed by atoms with van der Waals surface area (Å²) in [6, 6.07) is 3.23. The van der Waals surface area contributed by atoms with Crippen molar-refractivity contribution in [1.82, 2.24) is 23.7 Å². The van der Waals surface area contributed by atoms with Crippen molar-refractivity contribution in [3.8, 4) is 0 Å². The highest BCUT2D eigenvalue weighted by molar-refractivity contribution is 5.96. The standard InChI is InChI=1S/C15H15N5O5/c1-18-13-12(14(23)19(2)15(18)24)20(8-17-13)6-11(22)25-7-10(21)9-4-3-5-16-9/h3-5,8,16H,6-7H2,1-2H3. The molecule has 3 heterocycles. The second-order valence-electron chi connectivity index (χ2n) is 5.42. The normalized spacial score (nSPS) is 11.0. The number of ether oxygens (including phenoxy) is 1. The van der Waals surface area contributed by atoms with Crippen LogP contribution in [0.5, 0.6) is 0 Å². The summed E-state index contributed by atoms with van der Waals surface area (Å²) >= 11 is 0. The topological polar surface area (TPSA) is 121 Å². The summed E-state index contributed by atoms with van der Waals surface area (Å²) in [5.74, 6) is -1.07. The van der Waals surface area contributed by atoms with Gasteiger partial charge in [0.05, 0.1) is 12.0 Å². The van der Waals surface area contributed by atoms with Gasteiger partial charge < -0.3 is 14.3 Å². The summed E-state index contributed by atoms with van der Waals surface area (Å²) in [5, 5.41) is 0. The Hall–Kier alpha value is -3.43. The number of fused-ring (bicyclic) bond motifs is 1. The Morgan fingerprint density at radius 1 is 1.24 bits per heavy atom. The Morgan fingerprint density at radius 3 is 2.68 bits per heavy atom. The van der Waals surface area contributed by atoms with Crippen LogP contribution in [0.3, 0.4) is 0 Å². The number of carbonyl (C=O) groups excluding carboxylic acids is 2. The molecule has 25 heavy (non-hydrogen) atoms. The number of ketones is 1. The van der Waals surface area contributed by atoms with Crippen molar-refractivity contribution in [1.29, 1.82) is 0 Å². The quantitative estimate of drug-likeness (QED) is 0.477. The number of nitrogens with zero attached hydrogens (tertiary/aromatic N) is 4. The molecule has 0 atom stereocenters. The minimum absolute atomic E-state index is 0.109. The SMILES string of the molecule is Cn1c(=O)c2c(ncn2CC(=O)OCC(=O)c2ccc[nH]2)n(C)c1=O. The molecule has 0 aliphatic heterocycles. The van der Waals surface area contributed by atoms with Gasteiger partial charge in [-0.25, -0.2) is 9.78 Å². The highest BCUT2D eigenvalue weighted by Gasteiger charge is 2.17. The minimum Gasteiger partial charge on any atom is -0.456 e. The number of aryl methyl sites for hydroxylation is 1. The van der Waals surface area contributed by atoms with E-state index in [4.69, 9.17) is 4.74 Å². The van der Waals surface area contributed by atoms with Crippen molar-refractivity contribution in [3.63, 3.8) is 0 Å². The zero-order valence-corrected chi connectivity index (χ0v) is 13.6. The van der Waals surface area contributed by atoms with Crippen LogP contribution >= 0.6 is 0 Å². The van der Waals surface area contributed by atoms with Gasteiger partial charge in [0.1, 0.15) is 6.54 Å². The number of esters is 1. The van der Waals surface area contributed by atoms with E-state index in [2.05, 4.69) is 9.97 Å². The first-order valence-electron chi connectivity index (χ1n) is 7.33. The molecule has 0 aliphatic rings.